The van der Waals surface area contributed by atoms with E-state index in [0.29, 0.717) is 67.6 Å². The average molecular weight is 1040 g/mol. The molecule has 2 aliphatic heterocycles. The first-order valence-corrected chi connectivity index (χ1v) is 26.7. The number of ether oxygens (including phenoxy) is 1. The monoisotopic (exact) mass is 1040 g/mol. The Kier molecular flexibility index (Phi) is 13.0. The molecule has 2 aliphatic rings. The van der Waals surface area contributed by atoms with Gasteiger partial charge in [-0.05, 0) is 126 Å². The van der Waals surface area contributed by atoms with Crippen molar-refractivity contribution in [3.63, 3.8) is 0 Å². The third kappa shape index (κ3) is 8.17. The van der Waals surface area contributed by atoms with Crippen molar-refractivity contribution < 1.29 is 28.7 Å². The van der Waals surface area contributed by atoms with Crippen LogP contribution in [0.1, 0.15) is 190 Å². The van der Waals surface area contributed by atoms with Gasteiger partial charge in [-0.25, -0.2) is 14.6 Å². The van der Waals surface area contributed by atoms with Gasteiger partial charge in [0.2, 0.25) is 0 Å². The van der Waals surface area contributed by atoms with E-state index in [1.807, 2.05) is 105 Å². The molecule has 0 radical (unpaired) electrons. The van der Waals surface area contributed by atoms with Crippen molar-refractivity contribution in [1.29, 1.82) is 0 Å². The summed E-state index contributed by atoms with van der Waals surface area (Å²) >= 11 is 3.95. The normalized spacial score (nSPS) is 13.8. The molecule has 8 aromatic carbocycles. The molecule has 0 aromatic heterocycles. The van der Waals surface area contributed by atoms with Crippen LogP contribution in [0.3, 0.4) is 0 Å². The summed E-state index contributed by atoms with van der Waals surface area (Å²) in [6.45, 7) is 21.5. The smallest absolute Gasteiger partial charge is 0.338 e. The maximum atomic E-state index is 15.4. The Labute approximate surface area is 435 Å². The van der Waals surface area contributed by atoms with E-state index in [1.165, 1.54) is 9.80 Å². The second-order valence-electron chi connectivity index (χ2n) is 21.4. The molecular weight excluding hydrogens is 975 g/mol. The van der Waals surface area contributed by atoms with Crippen LogP contribution in [0.2, 0.25) is 0 Å². The number of carbonyl (C=O) groups is 5. The fraction of sp³-hybridized carbons (Fsp3) is 0.317. The lowest BCUT2D eigenvalue weighted by molar-refractivity contribution is 0.0497. The number of rotatable bonds is 15. The van der Waals surface area contributed by atoms with Gasteiger partial charge >= 0.3 is 5.97 Å². The van der Waals surface area contributed by atoms with Crippen LogP contribution in [0.5, 0.6) is 0 Å². The quantitative estimate of drug-likeness (QED) is 0.0358. The van der Waals surface area contributed by atoms with Crippen molar-refractivity contribution in [2.75, 3.05) is 28.3 Å². The second kappa shape index (κ2) is 19.2. The number of fused-ring (bicyclic) bond motifs is 2. The Hall–Kier alpha value is -6.91. The van der Waals surface area contributed by atoms with E-state index in [2.05, 4.69) is 76.6 Å². The van der Waals surface area contributed by atoms with Gasteiger partial charge in [0.15, 0.2) is 0 Å². The van der Waals surface area contributed by atoms with Gasteiger partial charge in [0.1, 0.15) is 0 Å². The number of esters is 1. The van der Waals surface area contributed by atoms with Crippen LogP contribution in [0.4, 0.5) is 17.1 Å². The topological polar surface area (TPSA) is 113 Å². The van der Waals surface area contributed by atoms with Crippen LogP contribution in [-0.4, -0.2) is 42.7 Å². The highest BCUT2D eigenvalue weighted by Gasteiger charge is 2.41. The minimum Gasteiger partial charge on any atom is -0.462 e. The largest absolute Gasteiger partial charge is 0.462 e. The molecule has 0 fully saturated rings. The molecule has 0 bridgehead atoms. The van der Waals surface area contributed by atoms with E-state index in [4.69, 9.17) is 4.74 Å². The van der Waals surface area contributed by atoms with E-state index in [1.54, 1.807) is 0 Å². The zero-order valence-corrected chi connectivity index (χ0v) is 45.0. The van der Waals surface area contributed by atoms with Crippen LogP contribution in [-0.2, 0) is 4.74 Å². The number of amides is 4. The van der Waals surface area contributed by atoms with Crippen LogP contribution >= 0.6 is 15.9 Å². The Morgan fingerprint density at radius 1 is 0.507 bits per heavy atom. The molecule has 0 aliphatic carbocycles. The molecule has 0 unspecified atom stereocenters. The number of para-hydroxylation sites is 2. The number of imide groups is 2. The van der Waals surface area contributed by atoms with Crippen LogP contribution in [0.25, 0.3) is 43.1 Å². The number of halogens is 1. The molecule has 9 nitrogen and oxygen atoms in total. The highest BCUT2D eigenvalue weighted by atomic mass is 79.9. The van der Waals surface area contributed by atoms with Crippen molar-refractivity contribution in [2.45, 2.75) is 119 Å². The molecular formula is C63H62BrN3O6. The molecule has 1 N–H and O–H groups in total. The fourth-order valence-corrected chi connectivity index (χ4v) is 12.3. The van der Waals surface area contributed by atoms with Gasteiger partial charge in [0.05, 0.1) is 34.7 Å². The van der Waals surface area contributed by atoms with E-state index in [-0.39, 0.29) is 53.3 Å². The second-order valence-corrected chi connectivity index (χ2v) is 22.2. The Morgan fingerprint density at radius 3 is 1.44 bits per heavy atom. The van der Waals surface area contributed by atoms with Gasteiger partial charge in [-0.1, -0.05) is 143 Å². The number of carbonyl (C=O) groups excluding carboxylic acids is 5. The third-order valence-corrected chi connectivity index (χ3v) is 15.6. The van der Waals surface area contributed by atoms with Gasteiger partial charge in [-0.2, -0.15) is 0 Å². The molecule has 10 rings (SSSR count). The minimum absolute atomic E-state index is 0.0387. The lowest BCUT2D eigenvalue weighted by Gasteiger charge is -2.34. The fourth-order valence-electron chi connectivity index (χ4n) is 11.6. The van der Waals surface area contributed by atoms with E-state index in [9.17, 15) is 4.79 Å². The van der Waals surface area contributed by atoms with Crippen molar-refractivity contribution in [1.82, 2.24) is 0 Å². The standard InChI is InChI=1S/C63H62BrN3O6/c1-32(2)39-17-15-18-40(33(3)4)57(39)66-59(68)45-24-22-44-54-50(65-25-13-11-12-14-26-73-63(72)38-28-36(9)27-37(10)29-38)31-48-52-46(23-21-43(56(52)54)53-49(64)30-47(61(66)70)51(45)55(44)53)60(69)67(62(48)71)58-41(34(5)6)19-16-20-42(58)35(7)8/h15-24,27-35,65H,11-14,25-26H2,1-10H3. The molecule has 4 amide bonds. The first-order chi connectivity index (χ1) is 34.9. The van der Waals surface area contributed by atoms with E-state index < -0.39 is 0 Å². The van der Waals surface area contributed by atoms with Gasteiger partial charge in [-0.3, -0.25) is 19.2 Å². The van der Waals surface area contributed by atoms with Gasteiger partial charge < -0.3 is 10.1 Å². The number of hydrogen-bond acceptors (Lipinski definition) is 7. The number of aryl methyl sites for hydroxylation is 2. The summed E-state index contributed by atoms with van der Waals surface area (Å²) in [6.07, 6.45) is 3.22. The van der Waals surface area contributed by atoms with E-state index in [0.717, 1.165) is 97.1 Å². The predicted molar refractivity (Wildman–Crippen MR) is 300 cm³/mol. The number of nitrogens with zero attached hydrogens (tertiary/aromatic N) is 2. The number of anilines is 3. The molecule has 0 saturated heterocycles. The molecule has 0 atom stereocenters. The summed E-state index contributed by atoms with van der Waals surface area (Å²) in [5, 5.41) is 9.66. The third-order valence-electron chi connectivity index (χ3n) is 15.0. The number of nitrogens with one attached hydrogen (secondary N) is 1. The van der Waals surface area contributed by atoms with Crippen molar-refractivity contribution in [3.8, 4) is 0 Å². The Balaban J connectivity index is 1.10. The van der Waals surface area contributed by atoms with Gasteiger partial charge in [0.25, 0.3) is 23.6 Å². The lowest BCUT2D eigenvalue weighted by atomic mass is 9.81. The zero-order chi connectivity index (χ0) is 51.9. The highest BCUT2D eigenvalue weighted by Crippen LogP contribution is 2.52. The number of benzene rings is 8. The molecule has 2 heterocycles. The summed E-state index contributed by atoms with van der Waals surface area (Å²) in [4.78, 5) is 76.6. The molecule has 73 heavy (non-hydrogen) atoms. The first kappa shape index (κ1) is 49.7. The summed E-state index contributed by atoms with van der Waals surface area (Å²) in [6, 6.07) is 29.2. The SMILES string of the molecule is Cc1cc(C)cc(C(=O)OCCCCCCNc2cc3c4c(ccc5c6c(Br)cc7c8c(ccc(c2c45)c86)C(=O)N(c2c(C(C)C)cccc2C(C)C)C7=O)C(=O)N(c2c(C(C)C)cccc2C(C)C)C3=O)c1. The van der Waals surface area contributed by atoms with Crippen molar-refractivity contribution in [3.05, 3.63) is 157 Å². The number of hydrogen-bond donors (Lipinski definition) is 1. The predicted octanol–water partition coefficient (Wildman–Crippen LogP) is 16.0. The molecule has 10 heteroatoms. The zero-order valence-electron chi connectivity index (χ0n) is 43.4. The van der Waals surface area contributed by atoms with Crippen LogP contribution in [0, 0.1) is 13.8 Å². The molecule has 372 valence electrons. The molecule has 0 spiro atoms. The van der Waals surface area contributed by atoms with Gasteiger partial charge in [0, 0.05) is 60.1 Å². The maximum Gasteiger partial charge on any atom is 0.338 e. The summed E-state index contributed by atoms with van der Waals surface area (Å²) < 4.78 is 6.31. The Morgan fingerprint density at radius 2 is 0.945 bits per heavy atom. The summed E-state index contributed by atoms with van der Waals surface area (Å²) in [7, 11) is 0. The highest BCUT2D eigenvalue weighted by molar-refractivity contribution is 9.10. The summed E-state index contributed by atoms with van der Waals surface area (Å²) in [5.74, 6) is -1.66. The Bertz CT molecular complexity index is 3570. The average Bonchev–Trinajstić information content (AvgIpc) is 3.35. The van der Waals surface area contributed by atoms with Gasteiger partial charge in [-0.15, -0.1) is 0 Å². The first-order valence-electron chi connectivity index (χ1n) is 25.9. The van der Waals surface area contributed by atoms with E-state index >= 15 is 19.2 Å². The maximum absolute atomic E-state index is 15.4. The van der Waals surface area contributed by atoms with Crippen molar-refractivity contribution in [2.24, 2.45) is 0 Å². The lowest BCUT2D eigenvalue weighted by Crippen LogP contribution is -2.42. The minimum atomic E-state index is -0.386. The molecule has 0 saturated carbocycles. The van der Waals surface area contributed by atoms with Crippen LogP contribution < -0.4 is 15.1 Å². The van der Waals surface area contributed by atoms with Crippen LogP contribution in [0.15, 0.2) is 95.5 Å². The number of unbranched alkanes of at least 4 members (excludes halogenated alkanes) is 3. The van der Waals surface area contributed by atoms with Crippen molar-refractivity contribution >= 4 is 106 Å². The summed E-state index contributed by atoms with van der Waals surface area (Å²) in [5.41, 5.74) is 10.0. The molecule has 8 aromatic rings.